The van der Waals surface area contributed by atoms with Crippen molar-refractivity contribution in [1.29, 1.82) is 0 Å². The first-order valence-corrected chi connectivity index (χ1v) is 8.71. The molecule has 4 heteroatoms. The van der Waals surface area contributed by atoms with E-state index in [1.807, 2.05) is 12.4 Å². The van der Waals surface area contributed by atoms with Crippen LogP contribution in [0.1, 0.15) is 36.8 Å². The standard InChI is InChI=1S/C19H27N3O/c1-3-5-17-6-7-18(23-17)15-21-10-4-11-22(13-12-21)19-8-9-20-14-16(19)2/h6-9,14H,3-5,10-13,15H2,1-2H3. The van der Waals surface area contributed by atoms with Gasteiger partial charge in [-0.3, -0.25) is 9.88 Å². The molecule has 124 valence electrons. The summed E-state index contributed by atoms with van der Waals surface area (Å²) in [5.74, 6) is 2.22. The van der Waals surface area contributed by atoms with Gasteiger partial charge in [-0.25, -0.2) is 0 Å². The van der Waals surface area contributed by atoms with E-state index in [0.29, 0.717) is 0 Å². The quantitative estimate of drug-likeness (QED) is 0.843. The van der Waals surface area contributed by atoms with Gasteiger partial charge in [0, 0.05) is 50.7 Å². The van der Waals surface area contributed by atoms with Gasteiger partial charge in [0.15, 0.2) is 0 Å². The number of nitrogens with zero attached hydrogens (tertiary/aromatic N) is 3. The number of aromatic nitrogens is 1. The first-order chi connectivity index (χ1) is 11.3. The number of anilines is 1. The molecule has 0 aromatic carbocycles. The maximum Gasteiger partial charge on any atom is 0.118 e. The third-order valence-electron chi connectivity index (χ3n) is 4.51. The zero-order chi connectivity index (χ0) is 16.1. The molecule has 2 aromatic rings. The van der Waals surface area contributed by atoms with Crippen LogP contribution in [0.3, 0.4) is 0 Å². The average molecular weight is 313 g/mol. The number of hydrogen-bond donors (Lipinski definition) is 0. The van der Waals surface area contributed by atoms with Gasteiger partial charge < -0.3 is 9.32 Å². The van der Waals surface area contributed by atoms with Crippen LogP contribution in [-0.4, -0.2) is 36.1 Å². The van der Waals surface area contributed by atoms with E-state index in [0.717, 1.165) is 57.1 Å². The zero-order valence-electron chi connectivity index (χ0n) is 14.3. The maximum absolute atomic E-state index is 5.93. The smallest absolute Gasteiger partial charge is 0.118 e. The van der Waals surface area contributed by atoms with Crippen molar-refractivity contribution in [3.63, 3.8) is 0 Å². The number of hydrogen-bond acceptors (Lipinski definition) is 4. The second kappa shape index (κ2) is 7.64. The monoisotopic (exact) mass is 313 g/mol. The third kappa shape index (κ3) is 4.14. The van der Waals surface area contributed by atoms with Gasteiger partial charge >= 0.3 is 0 Å². The molecule has 2 aromatic heterocycles. The second-order valence-corrected chi connectivity index (χ2v) is 6.40. The van der Waals surface area contributed by atoms with Gasteiger partial charge in [-0.05, 0) is 43.5 Å². The SMILES string of the molecule is CCCc1ccc(CN2CCCN(c3ccncc3C)CC2)o1. The summed E-state index contributed by atoms with van der Waals surface area (Å²) >= 11 is 0. The van der Waals surface area contributed by atoms with Gasteiger partial charge in [-0.15, -0.1) is 0 Å². The predicted molar refractivity (Wildman–Crippen MR) is 93.8 cm³/mol. The molecule has 0 atom stereocenters. The molecule has 1 aliphatic heterocycles. The minimum atomic E-state index is 0.923. The molecule has 1 aliphatic rings. The van der Waals surface area contributed by atoms with Gasteiger partial charge in [0.1, 0.15) is 11.5 Å². The lowest BCUT2D eigenvalue weighted by atomic mass is 10.2. The van der Waals surface area contributed by atoms with E-state index in [4.69, 9.17) is 4.42 Å². The van der Waals surface area contributed by atoms with Gasteiger partial charge in [0.05, 0.1) is 6.54 Å². The summed E-state index contributed by atoms with van der Waals surface area (Å²) in [6.45, 7) is 9.63. The summed E-state index contributed by atoms with van der Waals surface area (Å²) in [6.07, 6.45) is 7.20. The molecule has 0 N–H and O–H groups in total. The van der Waals surface area contributed by atoms with Crippen molar-refractivity contribution in [2.45, 2.75) is 39.7 Å². The lowest BCUT2D eigenvalue weighted by molar-refractivity contribution is 0.257. The molecule has 3 heterocycles. The van der Waals surface area contributed by atoms with Gasteiger partial charge in [-0.2, -0.15) is 0 Å². The molecule has 4 nitrogen and oxygen atoms in total. The number of rotatable bonds is 5. The summed E-state index contributed by atoms with van der Waals surface area (Å²) in [4.78, 5) is 9.19. The van der Waals surface area contributed by atoms with Crippen molar-refractivity contribution in [3.8, 4) is 0 Å². The van der Waals surface area contributed by atoms with Crippen LogP contribution in [0.4, 0.5) is 5.69 Å². The highest BCUT2D eigenvalue weighted by Crippen LogP contribution is 2.21. The summed E-state index contributed by atoms with van der Waals surface area (Å²) in [6, 6.07) is 6.40. The normalized spacial score (nSPS) is 16.5. The molecule has 1 saturated heterocycles. The first kappa shape index (κ1) is 16.1. The van der Waals surface area contributed by atoms with Gasteiger partial charge in [-0.1, -0.05) is 6.92 Å². The fourth-order valence-electron chi connectivity index (χ4n) is 3.30. The van der Waals surface area contributed by atoms with Crippen molar-refractivity contribution >= 4 is 5.69 Å². The molecule has 0 amide bonds. The third-order valence-corrected chi connectivity index (χ3v) is 4.51. The Balaban J connectivity index is 1.59. The highest BCUT2D eigenvalue weighted by Gasteiger charge is 2.17. The van der Waals surface area contributed by atoms with E-state index in [1.165, 1.54) is 17.7 Å². The van der Waals surface area contributed by atoms with Crippen LogP contribution in [0, 0.1) is 6.92 Å². The summed E-state index contributed by atoms with van der Waals surface area (Å²) in [5.41, 5.74) is 2.58. The summed E-state index contributed by atoms with van der Waals surface area (Å²) < 4.78 is 5.93. The van der Waals surface area contributed by atoms with Crippen molar-refractivity contribution in [2.75, 3.05) is 31.1 Å². The molecule has 0 bridgehead atoms. The molecular weight excluding hydrogens is 286 g/mol. The average Bonchev–Trinajstić information content (AvgIpc) is 2.85. The Morgan fingerprint density at radius 3 is 2.78 bits per heavy atom. The highest BCUT2D eigenvalue weighted by atomic mass is 16.3. The van der Waals surface area contributed by atoms with Crippen LogP contribution < -0.4 is 4.90 Å². The summed E-state index contributed by atoms with van der Waals surface area (Å²) in [7, 11) is 0. The first-order valence-electron chi connectivity index (χ1n) is 8.71. The molecule has 0 unspecified atom stereocenters. The molecule has 23 heavy (non-hydrogen) atoms. The van der Waals surface area contributed by atoms with Crippen LogP contribution in [-0.2, 0) is 13.0 Å². The topological polar surface area (TPSA) is 32.5 Å². The van der Waals surface area contributed by atoms with Crippen molar-refractivity contribution in [3.05, 3.63) is 47.7 Å². The predicted octanol–water partition coefficient (Wildman–Crippen LogP) is 3.65. The number of pyridine rings is 1. The second-order valence-electron chi connectivity index (χ2n) is 6.40. The van der Waals surface area contributed by atoms with Gasteiger partial charge in [0.2, 0.25) is 0 Å². The highest BCUT2D eigenvalue weighted by molar-refractivity contribution is 5.51. The lowest BCUT2D eigenvalue weighted by Crippen LogP contribution is -2.30. The van der Waals surface area contributed by atoms with Crippen molar-refractivity contribution in [2.24, 2.45) is 0 Å². The molecule has 0 spiro atoms. The largest absolute Gasteiger partial charge is 0.465 e. The molecule has 3 rings (SSSR count). The van der Waals surface area contributed by atoms with Gasteiger partial charge in [0.25, 0.3) is 0 Å². The zero-order valence-corrected chi connectivity index (χ0v) is 14.3. The molecule has 0 saturated carbocycles. The fraction of sp³-hybridized carbons (Fsp3) is 0.526. The molecule has 1 fully saturated rings. The Labute approximate surface area is 139 Å². The minimum Gasteiger partial charge on any atom is -0.465 e. The Kier molecular flexibility index (Phi) is 5.34. The Hall–Kier alpha value is -1.81. The van der Waals surface area contributed by atoms with Crippen molar-refractivity contribution in [1.82, 2.24) is 9.88 Å². The van der Waals surface area contributed by atoms with Crippen LogP contribution >= 0.6 is 0 Å². The Bertz CT molecular complexity index is 623. The van der Waals surface area contributed by atoms with Crippen LogP contribution in [0.15, 0.2) is 35.0 Å². The van der Waals surface area contributed by atoms with Crippen LogP contribution in [0.2, 0.25) is 0 Å². The summed E-state index contributed by atoms with van der Waals surface area (Å²) in [5, 5.41) is 0. The lowest BCUT2D eigenvalue weighted by Gasteiger charge is -2.24. The molecule has 0 aliphatic carbocycles. The van der Waals surface area contributed by atoms with Crippen molar-refractivity contribution < 1.29 is 4.42 Å². The van der Waals surface area contributed by atoms with E-state index in [1.54, 1.807) is 0 Å². The van der Waals surface area contributed by atoms with E-state index >= 15 is 0 Å². The van der Waals surface area contributed by atoms with E-state index in [9.17, 15) is 0 Å². The molecular formula is C19H27N3O. The minimum absolute atomic E-state index is 0.923. The van der Waals surface area contributed by atoms with E-state index in [-0.39, 0.29) is 0 Å². The fourth-order valence-corrected chi connectivity index (χ4v) is 3.30. The maximum atomic E-state index is 5.93. The Morgan fingerprint density at radius 1 is 1.09 bits per heavy atom. The number of aryl methyl sites for hydroxylation is 2. The molecule has 0 radical (unpaired) electrons. The van der Waals surface area contributed by atoms with Crippen LogP contribution in [0.5, 0.6) is 0 Å². The Morgan fingerprint density at radius 2 is 1.96 bits per heavy atom. The van der Waals surface area contributed by atoms with E-state index < -0.39 is 0 Å². The van der Waals surface area contributed by atoms with Crippen LogP contribution in [0.25, 0.3) is 0 Å². The number of furan rings is 1. The van der Waals surface area contributed by atoms with E-state index in [2.05, 4.69) is 46.8 Å².